The monoisotopic (exact) mass is 473 g/mol. The van der Waals surface area contributed by atoms with Gasteiger partial charge in [-0.05, 0) is 73.8 Å². The molecule has 3 aliphatic rings. The van der Waals surface area contributed by atoms with Crippen LogP contribution in [0, 0.1) is 27.9 Å². The fourth-order valence-corrected chi connectivity index (χ4v) is 5.10. The van der Waals surface area contributed by atoms with E-state index >= 15 is 0 Å². The molecule has 0 aromatic heterocycles. The molecule has 2 aromatic rings. The Kier molecular flexibility index (Phi) is 6.74. The lowest BCUT2D eigenvalue weighted by molar-refractivity contribution is 0.0250. The molecule has 0 unspecified atom stereocenters. The first kappa shape index (κ1) is 23.9. The number of fused-ring (bicyclic) bond motifs is 3. The number of rotatable bonds is 8. The van der Waals surface area contributed by atoms with Gasteiger partial charge in [0.25, 0.3) is 5.91 Å². The molecule has 4 N–H and O–H groups in total. The number of hydroxylamine groups is 1. The van der Waals surface area contributed by atoms with Gasteiger partial charge in [0.05, 0.1) is 7.11 Å². The SMILES string of the molecule is COc1ccc(COc2c(F)cc(C(=O)NCC34CCC(C(=N)NO)(CC3)CC4)cc2F)cc1. The van der Waals surface area contributed by atoms with E-state index in [4.69, 9.17) is 20.1 Å². The minimum atomic E-state index is -0.938. The zero-order valence-corrected chi connectivity index (χ0v) is 19.0. The van der Waals surface area contributed by atoms with Gasteiger partial charge in [0, 0.05) is 17.5 Å². The van der Waals surface area contributed by atoms with Crippen LogP contribution in [0.25, 0.3) is 0 Å². The third kappa shape index (κ3) is 4.70. The maximum Gasteiger partial charge on any atom is 0.251 e. The van der Waals surface area contributed by atoms with Gasteiger partial charge in [-0.1, -0.05) is 12.1 Å². The molecule has 7 nitrogen and oxygen atoms in total. The standard InChI is InChI=1S/C25H29F2N3O4/c1-33-18-4-2-16(3-5-18)14-34-21-19(26)12-17(13-20(21)27)22(31)29-15-24-6-9-25(10-7-24,11-8-24)23(28)30-32/h2-5,12-13,32H,6-11,14-15H2,1H3,(H2,28,30)(H,29,31). The molecule has 0 atom stereocenters. The lowest BCUT2D eigenvalue weighted by atomic mass is 9.53. The first-order chi connectivity index (χ1) is 16.3. The summed E-state index contributed by atoms with van der Waals surface area (Å²) in [5, 5.41) is 20.0. The summed E-state index contributed by atoms with van der Waals surface area (Å²) in [5.74, 6) is -2.12. The Balaban J connectivity index is 1.35. The van der Waals surface area contributed by atoms with Crippen LogP contribution in [-0.4, -0.2) is 30.6 Å². The molecule has 3 saturated carbocycles. The Hall–Kier alpha value is -3.20. The van der Waals surface area contributed by atoms with Crippen molar-refractivity contribution in [1.82, 2.24) is 10.8 Å². The van der Waals surface area contributed by atoms with E-state index in [1.165, 1.54) is 0 Å². The topological polar surface area (TPSA) is 104 Å². The van der Waals surface area contributed by atoms with Crippen molar-refractivity contribution in [1.29, 1.82) is 5.41 Å². The number of carbonyl (C=O) groups excluding carboxylic acids is 1. The summed E-state index contributed by atoms with van der Waals surface area (Å²) in [4.78, 5) is 12.7. The number of amides is 1. The van der Waals surface area contributed by atoms with Gasteiger partial charge in [0.15, 0.2) is 17.4 Å². The largest absolute Gasteiger partial charge is 0.497 e. The lowest BCUT2D eigenvalue weighted by Crippen LogP contribution is -2.52. The van der Waals surface area contributed by atoms with Crippen molar-refractivity contribution in [3.63, 3.8) is 0 Å². The molecule has 34 heavy (non-hydrogen) atoms. The van der Waals surface area contributed by atoms with E-state index in [0.717, 1.165) is 56.2 Å². The van der Waals surface area contributed by atoms with Gasteiger partial charge in [-0.2, -0.15) is 0 Å². The summed E-state index contributed by atoms with van der Waals surface area (Å²) in [7, 11) is 1.55. The van der Waals surface area contributed by atoms with Crippen LogP contribution in [0.1, 0.15) is 54.4 Å². The van der Waals surface area contributed by atoms with E-state index in [1.807, 2.05) is 5.48 Å². The number of amidine groups is 1. The Morgan fingerprint density at radius 3 is 2.18 bits per heavy atom. The van der Waals surface area contributed by atoms with Crippen molar-refractivity contribution in [3.05, 3.63) is 59.2 Å². The fourth-order valence-electron chi connectivity index (χ4n) is 5.10. The third-order valence-electron chi connectivity index (χ3n) is 7.47. The second kappa shape index (κ2) is 9.58. The average molecular weight is 474 g/mol. The van der Waals surface area contributed by atoms with E-state index in [1.54, 1.807) is 31.4 Å². The number of benzene rings is 2. The number of nitrogens with one attached hydrogen (secondary N) is 3. The molecule has 0 spiro atoms. The summed E-state index contributed by atoms with van der Waals surface area (Å²) in [6.45, 7) is 0.372. The van der Waals surface area contributed by atoms with Gasteiger partial charge in [-0.25, -0.2) is 8.78 Å². The second-order valence-electron chi connectivity index (χ2n) is 9.36. The molecule has 9 heteroatoms. The van der Waals surface area contributed by atoms with Gasteiger partial charge in [0.2, 0.25) is 0 Å². The van der Waals surface area contributed by atoms with Gasteiger partial charge in [-0.15, -0.1) is 0 Å². The van der Waals surface area contributed by atoms with E-state index < -0.39 is 23.3 Å². The highest BCUT2D eigenvalue weighted by Gasteiger charge is 2.50. The Morgan fingerprint density at radius 2 is 1.65 bits per heavy atom. The fraction of sp³-hybridized carbons (Fsp3) is 0.440. The number of ether oxygens (including phenoxy) is 2. The molecular formula is C25H29F2N3O4. The molecule has 0 radical (unpaired) electrons. The van der Waals surface area contributed by atoms with Crippen LogP contribution in [0.15, 0.2) is 36.4 Å². The van der Waals surface area contributed by atoms with Crippen molar-refractivity contribution < 1.29 is 28.3 Å². The second-order valence-corrected chi connectivity index (χ2v) is 9.36. The van der Waals surface area contributed by atoms with Gasteiger partial charge >= 0.3 is 0 Å². The lowest BCUT2D eigenvalue weighted by Gasteiger charge is -2.53. The predicted octanol–water partition coefficient (Wildman–Crippen LogP) is 4.58. The van der Waals surface area contributed by atoms with Crippen molar-refractivity contribution >= 4 is 11.7 Å². The van der Waals surface area contributed by atoms with Crippen LogP contribution in [0.2, 0.25) is 0 Å². The van der Waals surface area contributed by atoms with Crippen molar-refractivity contribution in [3.8, 4) is 11.5 Å². The van der Waals surface area contributed by atoms with E-state index in [2.05, 4.69) is 5.32 Å². The number of hydrogen-bond acceptors (Lipinski definition) is 5. The molecule has 182 valence electrons. The highest BCUT2D eigenvalue weighted by molar-refractivity contribution is 5.94. The van der Waals surface area contributed by atoms with Crippen LogP contribution in [0.3, 0.4) is 0 Å². The van der Waals surface area contributed by atoms with E-state index in [0.29, 0.717) is 12.3 Å². The Morgan fingerprint density at radius 1 is 1.06 bits per heavy atom. The van der Waals surface area contributed by atoms with E-state index in [-0.39, 0.29) is 28.8 Å². The van der Waals surface area contributed by atoms with Crippen LogP contribution in [-0.2, 0) is 6.61 Å². The number of halogens is 2. The maximum atomic E-state index is 14.6. The quantitative estimate of drug-likeness (QED) is 0.255. The maximum absolute atomic E-state index is 14.6. The zero-order valence-electron chi connectivity index (χ0n) is 19.0. The summed E-state index contributed by atoms with van der Waals surface area (Å²) < 4.78 is 39.6. The van der Waals surface area contributed by atoms with Crippen LogP contribution in [0.5, 0.6) is 11.5 Å². The highest BCUT2D eigenvalue weighted by atomic mass is 19.1. The first-order valence-electron chi connectivity index (χ1n) is 11.3. The first-order valence-corrected chi connectivity index (χ1v) is 11.3. The van der Waals surface area contributed by atoms with Crippen molar-refractivity contribution in [2.45, 2.75) is 45.1 Å². The molecule has 0 aliphatic heterocycles. The number of methoxy groups -OCH3 is 1. The highest BCUT2D eigenvalue weighted by Crippen LogP contribution is 2.56. The Bertz CT molecular complexity index is 1030. The zero-order chi connectivity index (χ0) is 24.3. The minimum Gasteiger partial charge on any atom is -0.497 e. The summed E-state index contributed by atoms with van der Waals surface area (Å²) in [5.41, 5.74) is 2.21. The summed E-state index contributed by atoms with van der Waals surface area (Å²) in [6.07, 6.45) is 4.74. The average Bonchev–Trinajstić information content (AvgIpc) is 2.87. The van der Waals surface area contributed by atoms with Crippen molar-refractivity contribution in [2.75, 3.05) is 13.7 Å². The molecule has 2 bridgehead atoms. The molecule has 5 rings (SSSR count). The van der Waals surface area contributed by atoms with Crippen LogP contribution < -0.4 is 20.3 Å². The van der Waals surface area contributed by atoms with E-state index in [9.17, 15) is 13.6 Å². The molecule has 2 aromatic carbocycles. The predicted molar refractivity (Wildman–Crippen MR) is 121 cm³/mol. The molecule has 1 amide bonds. The number of hydrogen-bond donors (Lipinski definition) is 4. The smallest absolute Gasteiger partial charge is 0.251 e. The van der Waals surface area contributed by atoms with Crippen LogP contribution >= 0.6 is 0 Å². The molecule has 0 saturated heterocycles. The third-order valence-corrected chi connectivity index (χ3v) is 7.47. The molecule has 3 aliphatic carbocycles. The van der Waals surface area contributed by atoms with Gasteiger partial charge in [-0.3, -0.25) is 20.9 Å². The molecular weight excluding hydrogens is 444 g/mol. The van der Waals surface area contributed by atoms with Crippen LogP contribution in [0.4, 0.5) is 8.78 Å². The summed E-state index contributed by atoms with van der Waals surface area (Å²) in [6, 6.07) is 8.90. The van der Waals surface area contributed by atoms with Gasteiger partial charge in [0.1, 0.15) is 18.2 Å². The normalized spacial score (nSPS) is 23.3. The van der Waals surface area contributed by atoms with Gasteiger partial charge < -0.3 is 14.8 Å². The Labute approximate surface area is 196 Å². The minimum absolute atomic E-state index is 0.0311. The van der Waals surface area contributed by atoms with Crippen molar-refractivity contribution in [2.24, 2.45) is 10.8 Å². The summed E-state index contributed by atoms with van der Waals surface area (Å²) >= 11 is 0. The molecule has 3 fully saturated rings. The molecule has 0 heterocycles. The number of carbonyl (C=O) groups is 1.